The minimum Gasteiger partial charge on any atom is -0.293 e. The monoisotopic (exact) mass is 359 g/mol. The summed E-state index contributed by atoms with van der Waals surface area (Å²) in [6.07, 6.45) is 1.58. The van der Waals surface area contributed by atoms with E-state index < -0.39 is 0 Å². The van der Waals surface area contributed by atoms with Crippen LogP contribution < -0.4 is 5.56 Å². The van der Waals surface area contributed by atoms with Crippen molar-refractivity contribution in [3.8, 4) is 10.6 Å². The summed E-state index contributed by atoms with van der Waals surface area (Å²) in [7, 11) is 0. The first-order valence-electron chi connectivity index (χ1n) is 6.84. The molecule has 0 aliphatic carbocycles. The van der Waals surface area contributed by atoms with Crippen molar-refractivity contribution in [2.75, 3.05) is 0 Å². The fourth-order valence-electron chi connectivity index (χ4n) is 2.32. The molecule has 0 fully saturated rings. The van der Waals surface area contributed by atoms with E-state index in [9.17, 15) is 4.79 Å². The van der Waals surface area contributed by atoms with E-state index in [1.54, 1.807) is 10.9 Å². The van der Waals surface area contributed by atoms with E-state index >= 15 is 0 Å². The summed E-state index contributed by atoms with van der Waals surface area (Å²) in [6.45, 7) is 0.401. The van der Waals surface area contributed by atoms with E-state index in [0.29, 0.717) is 17.0 Å². The zero-order valence-corrected chi connectivity index (χ0v) is 14.2. The summed E-state index contributed by atoms with van der Waals surface area (Å²) in [5, 5.41) is 6.00. The third-order valence-electron chi connectivity index (χ3n) is 3.44. The van der Waals surface area contributed by atoms with Gasteiger partial charge in [-0.05, 0) is 17.5 Å². The van der Waals surface area contributed by atoms with Gasteiger partial charge in [0.2, 0.25) is 0 Å². The smallest absolute Gasteiger partial charge is 0.262 e. The standard InChI is InChI=1S/C16H10ClN3OS2/c17-13-4-2-1-3-11(13)15-19-10(8-23-15)7-20-9-18-14-12(16(20)21)5-6-22-14/h1-6,8-9H,7H2. The van der Waals surface area contributed by atoms with Crippen LogP contribution in [0.2, 0.25) is 5.02 Å². The van der Waals surface area contributed by atoms with Crippen molar-refractivity contribution in [1.29, 1.82) is 0 Å². The normalized spacial score (nSPS) is 11.2. The van der Waals surface area contributed by atoms with Gasteiger partial charge in [-0.25, -0.2) is 9.97 Å². The van der Waals surface area contributed by atoms with Gasteiger partial charge in [-0.1, -0.05) is 29.8 Å². The molecule has 4 aromatic rings. The molecule has 0 unspecified atom stereocenters. The van der Waals surface area contributed by atoms with E-state index in [4.69, 9.17) is 11.6 Å². The molecule has 0 bridgehead atoms. The van der Waals surface area contributed by atoms with Crippen LogP contribution in [-0.4, -0.2) is 14.5 Å². The Hall–Kier alpha value is -2.02. The lowest BCUT2D eigenvalue weighted by atomic mass is 10.2. The first-order valence-corrected chi connectivity index (χ1v) is 8.98. The molecule has 0 saturated heterocycles. The first-order chi connectivity index (χ1) is 11.2. The summed E-state index contributed by atoms with van der Waals surface area (Å²) in [4.78, 5) is 22.1. The van der Waals surface area contributed by atoms with Crippen LogP contribution in [0.15, 0.2) is 52.2 Å². The maximum Gasteiger partial charge on any atom is 0.262 e. The molecule has 0 aliphatic heterocycles. The summed E-state index contributed by atoms with van der Waals surface area (Å²) in [5.74, 6) is 0. The SMILES string of the molecule is O=c1c2ccsc2ncn1Cc1csc(-c2ccccc2Cl)n1. The van der Waals surface area contributed by atoms with E-state index in [1.165, 1.54) is 22.7 Å². The second kappa shape index (κ2) is 5.88. The molecular formula is C16H10ClN3OS2. The highest BCUT2D eigenvalue weighted by molar-refractivity contribution is 7.16. The Morgan fingerprint density at radius 1 is 1.17 bits per heavy atom. The molecule has 23 heavy (non-hydrogen) atoms. The largest absolute Gasteiger partial charge is 0.293 e. The van der Waals surface area contributed by atoms with Gasteiger partial charge in [0.1, 0.15) is 9.84 Å². The van der Waals surface area contributed by atoms with Crippen LogP contribution in [0.1, 0.15) is 5.69 Å². The zero-order chi connectivity index (χ0) is 15.8. The van der Waals surface area contributed by atoms with Crippen molar-refractivity contribution < 1.29 is 0 Å². The van der Waals surface area contributed by atoms with Crippen LogP contribution in [0.4, 0.5) is 0 Å². The number of thiophene rings is 1. The van der Waals surface area contributed by atoms with Gasteiger partial charge in [0.25, 0.3) is 5.56 Å². The Bertz CT molecular complexity index is 1050. The Balaban J connectivity index is 1.68. The highest BCUT2D eigenvalue weighted by Crippen LogP contribution is 2.30. The second-order valence-electron chi connectivity index (χ2n) is 4.94. The number of halogens is 1. The third kappa shape index (κ3) is 2.69. The quantitative estimate of drug-likeness (QED) is 0.548. The van der Waals surface area contributed by atoms with Crippen LogP contribution in [-0.2, 0) is 6.54 Å². The average Bonchev–Trinajstić information content (AvgIpc) is 3.20. The molecule has 3 heterocycles. The maximum atomic E-state index is 12.4. The predicted molar refractivity (Wildman–Crippen MR) is 95.5 cm³/mol. The van der Waals surface area contributed by atoms with E-state index in [-0.39, 0.29) is 5.56 Å². The number of thiazole rings is 1. The van der Waals surface area contributed by atoms with Gasteiger partial charge in [-0.3, -0.25) is 9.36 Å². The molecule has 0 amide bonds. The second-order valence-corrected chi connectivity index (χ2v) is 7.10. The van der Waals surface area contributed by atoms with Crippen molar-refractivity contribution in [3.05, 3.63) is 68.5 Å². The minimum atomic E-state index is -0.0384. The van der Waals surface area contributed by atoms with Crippen molar-refractivity contribution in [2.24, 2.45) is 0 Å². The van der Waals surface area contributed by atoms with Gasteiger partial charge in [0.05, 0.1) is 29.0 Å². The molecule has 7 heteroatoms. The molecule has 1 aromatic carbocycles. The van der Waals surface area contributed by atoms with Crippen molar-refractivity contribution in [2.45, 2.75) is 6.54 Å². The maximum absolute atomic E-state index is 12.4. The number of hydrogen-bond acceptors (Lipinski definition) is 5. The van der Waals surface area contributed by atoms with E-state index in [2.05, 4.69) is 9.97 Å². The number of aromatic nitrogens is 3. The van der Waals surface area contributed by atoms with Crippen LogP contribution in [0, 0.1) is 0 Å². The molecule has 0 atom stereocenters. The lowest BCUT2D eigenvalue weighted by Crippen LogP contribution is -2.20. The lowest BCUT2D eigenvalue weighted by Gasteiger charge is -2.02. The van der Waals surface area contributed by atoms with Crippen molar-refractivity contribution in [1.82, 2.24) is 14.5 Å². The molecule has 0 N–H and O–H groups in total. The zero-order valence-electron chi connectivity index (χ0n) is 11.8. The van der Waals surface area contributed by atoms with Gasteiger partial charge in [0, 0.05) is 10.9 Å². The molecule has 114 valence electrons. The van der Waals surface area contributed by atoms with Gasteiger partial charge in [0.15, 0.2) is 0 Å². The van der Waals surface area contributed by atoms with Gasteiger partial charge < -0.3 is 0 Å². The number of hydrogen-bond donors (Lipinski definition) is 0. The van der Waals surface area contributed by atoms with Crippen LogP contribution in [0.25, 0.3) is 20.8 Å². The minimum absolute atomic E-state index is 0.0384. The Labute approximate surface area is 144 Å². The predicted octanol–water partition coefficient (Wildman–Crippen LogP) is 4.28. The molecule has 4 nitrogen and oxygen atoms in total. The first kappa shape index (κ1) is 14.6. The van der Waals surface area contributed by atoms with Crippen LogP contribution in [0.3, 0.4) is 0 Å². The molecular weight excluding hydrogens is 350 g/mol. The van der Waals surface area contributed by atoms with Crippen molar-refractivity contribution in [3.63, 3.8) is 0 Å². The van der Waals surface area contributed by atoms with Gasteiger partial charge in [-0.2, -0.15) is 0 Å². The molecule has 0 radical (unpaired) electrons. The number of benzene rings is 1. The highest BCUT2D eigenvalue weighted by Gasteiger charge is 2.10. The summed E-state index contributed by atoms with van der Waals surface area (Å²) < 4.78 is 1.58. The van der Waals surface area contributed by atoms with Crippen LogP contribution in [0.5, 0.6) is 0 Å². The highest BCUT2D eigenvalue weighted by atomic mass is 35.5. The summed E-state index contributed by atoms with van der Waals surface area (Å²) in [6, 6.07) is 9.41. The average molecular weight is 360 g/mol. The van der Waals surface area contributed by atoms with Gasteiger partial charge >= 0.3 is 0 Å². The molecule has 0 spiro atoms. The fourth-order valence-corrected chi connectivity index (χ4v) is 4.17. The Morgan fingerprint density at radius 3 is 2.91 bits per heavy atom. The Kier molecular flexibility index (Phi) is 3.72. The van der Waals surface area contributed by atoms with Crippen LogP contribution >= 0.6 is 34.3 Å². The summed E-state index contributed by atoms with van der Waals surface area (Å²) >= 11 is 9.19. The lowest BCUT2D eigenvalue weighted by molar-refractivity contribution is 0.735. The van der Waals surface area contributed by atoms with Gasteiger partial charge in [-0.15, -0.1) is 22.7 Å². The Morgan fingerprint density at radius 2 is 2.04 bits per heavy atom. The van der Waals surface area contributed by atoms with Crippen molar-refractivity contribution >= 4 is 44.5 Å². The number of fused-ring (bicyclic) bond motifs is 1. The van der Waals surface area contributed by atoms with E-state index in [0.717, 1.165) is 21.1 Å². The topological polar surface area (TPSA) is 47.8 Å². The fraction of sp³-hybridized carbons (Fsp3) is 0.0625. The summed E-state index contributed by atoms with van der Waals surface area (Å²) in [5.41, 5.74) is 1.69. The molecule has 4 rings (SSSR count). The number of nitrogens with zero attached hydrogens (tertiary/aromatic N) is 3. The molecule has 0 aliphatic rings. The third-order valence-corrected chi connectivity index (χ3v) is 5.51. The number of rotatable bonds is 3. The van der Waals surface area contributed by atoms with E-state index in [1.807, 2.05) is 41.1 Å². The molecule has 0 saturated carbocycles. The molecule has 3 aromatic heterocycles.